The highest BCUT2D eigenvalue weighted by molar-refractivity contribution is 7.92. The number of methoxy groups -OCH3 is 1. The summed E-state index contributed by atoms with van der Waals surface area (Å²) in [5, 5.41) is 0. The molecular formula is C14H24N2O3S. The maximum atomic E-state index is 12.5. The lowest BCUT2D eigenvalue weighted by molar-refractivity contribution is 0.199. The van der Waals surface area contributed by atoms with Crippen molar-refractivity contribution in [3.05, 3.63) is 29.8 Å². The predicted molar refractivity (Wildman–Crippen MR) is 82.5 cm³/mol. The molecule has 0 radical (unpaired) electrons. The van der Waals surface area contributed by atoms with Gasteiger partial charge < -0.3 is 10.5 Å². The van der Waals surface area contributed by atoms with E-state index < -0.39 is 10.0 Å². The number of nitrogens with two attached hydrogens (primary N) is 1. The minimum atomic E-state index is -3.34. The molecule has 0 spiro atoms. The molecule has 1 aromatic rings. The third kappa shape index (κ3) is 4.77. The topological polar surface area (TPSA) is 72.6 Å². The lowest BCUT2D eigenvalue weighted by atomic mass is 10.2. The van der Waals surface area contributed by atoms with Crippen LogP contribution in [-0.2, 0) is 14.8 Å². The van der Waals surface area contributed by atoms with Crippen LogP contribution < -0.4 is 10.0 Å². The number of para-hydroxylation sites is 1. The fraction of sp³-hybridized carbons (Fsp3) is 0.571. The quantitative estimate of drug-likeness (QED) is 0.702. The van der Waals surface area contributed by atoms with Gasteiger partial charge in [0.2, 0.25) is 10.0 Å². The fourth-order valence-electron chi connectivity index (χ4n) is 1.98. The first-order valence-corrected chi connectivity index (χ1v) is 8.39. The molecule has 1 aromatic carbocycles. The summed E-state index contributed by atoms with van der Waals surface area (Å²) < 4.78 is 31.4. The second kappa shape index (κ2) is 8.24. The Hall–Kier alpha value is -1.11. The summed E-state index contributed by atoms with van der Waals surface area (Å²) in [5.74, 6) is 0.0831. The molecule has 0 saturated carbocycles. The molecule has 0 unspecified atom stereocenters. The molecule has 0 aliphatic rings. The van der Waals surface area contributed by atoms with E-state index in [1.165, 1.54) is 4.31 Å². The van der Waals surface area contributed by atoms with Crippen LogP contribution in [0.15, 0.2) is 24.3 Å². The van der Waals surface area contributed by atoms with Gasteiger partial charge in [-0.3, -0.25) is 4.31 Å². The van der Waals surface area contributed by atoms with Crippen molar-refractivity contribution in [3.63, 3.8) is 0 Å². The van der Waals surface area contributed by atoms with Crippen molar-refractivity contribution < 1.29 is 13.2 Å². The number of nitrogens with zero attached hydrogens (tertiary/aromatic N) is 1. The molecular weight excluding hydrogens is 276 g/mol. The normalized spacial score (nSPS) is 11.6. The molecule has 0 saturated heterocycles. The maximum absolute atomic E-state index is 12.5. The van der Waals surface area contributed by atoms with Crippen LogP contribution in [0.1, 0.15) is 18.4 Å². The van der Waals surface area contributed by atoms with Crippen LogP contribution in [-0.4, -0.2) is 41.0 Å². The van der Waals surface area contributed by atoms with Crippen molar-refractivity contribution >= 4 is 15.7 Å². The number of hydrogen-bond acceptors (Lipinski definition) is 4. The van der Waals surface area contributed by atoms with E-state index >= 15 is 0 Å². The third-order valence-corrected chi connectivity index (χ3v) is 4.89. The molecule has 0 aliphatic carbocycles. The number of benzene rings is 1. The van der Waals surface area contributed by atoms with E-state index in [1.54, 1.807) is 7.11 Å². The summed E-state index contributed by atoms with van der Waals surface area (Å²) in [7, 11) is -1.78. The lowest BCUT2D eigenvalue weighted by Crippen LogP contribution is -2.35. The summed E-state index contributed by atoms with van der Waals surface area (Å²) in [6.45, 7) is 3.24. The van der Waals surface area contributed by atoms with E-state index in [2.05, 4.69) is 0 Å². The molecule has 6 heteroatoms. The number of aryl methyl sites for hydroxylation is 1. The number of sulfonamides is 1. The van der Waals surface area contributed by atoms with Crippen LogP contribution >= 0.6 is 0 Å². The average molecular weight is 300 g/mol. The van der Waals surface area contributed by atoms with Gasteiger partial charge in [0.05, 0.1) is 11.4 Å². The highest BCUT2D eigenvalue weighted by Crippen LogP contribution is 2.23. The highest BCUT2D eigenvalue weighted by atomic mass is 32.2. The molecule has 0 atom stereocenters. The molecule has 114 valence electrons. The Morgan fingerprint density at radius 3 is 2.55 bits per heavy atom. The zero-order chi connectivity index (χ0) is 15.0. The maximum Gasteiger partial charge on any atom is 0.235 e. The van der Waals surface area contributed by atoms with Gasteiger partial charge in [0, 0.05) is 20.3 Å². The molecule has 5 nitrogen and oxygen atoms in total. The van der Waals surface area contributed by atoms with E-state index in [0.29, 0.717) is 32.5 Å². The lowest BCUT2D eigenvalue weighted by Gasteiger charge is -2.25. The van der Waals surface area contributed by atoms with Crippen molar-refractivity contribution in [1.82, 2.24) is 0 Å². The van der Waals surface area contributed by atoms with Crippen molar-refractivity contribution in [2.45, 2.75) is 19.8 Å². The summed E-state index contributed by atoms with van der Waals surface area (Å²) in [6.07, 6.45) is 1.13. The van der Waals surface area contributed by atoms with Gasteiger partial charge >= 0.3 is 0 Å². The number of anilines is 1. The van der Waals surface area contributed by atoms with Crippen LogP contribution in [0.4, 0.5) is 5.69 Å². The molecule has 1 rings (SSSR count). The van der Waals surface area contributed by atoms with Crippen LogP contribution in [0.5, 0.6) is 0 Å². The molecule has 0 aromatic heterocycles. The van der Waals surface area contributed by atoms with Crippen molar-refractivity contribution in [1.29, 1.82) is 0 Å². The van der Waals surface area contributed by atoms with Crippen LogP contribution in [0.3, 0.4) is 0 Å². The van der Waals surface area contributed by atoms with Gasteiger partial charge in [-0.1, -0.05) is 18.2 Å². The Morgan fingerprint density at radius 1 is 1.25 bits per heavy atom. The summed E-state index contributed by atoms with van der Waals surface area (Å²) in [5.41, 5.74) is 7.20. The third-order valence-electron chi connectivity index (χ3n) is 3.04. The van der Waals surface area contributed by atoms with Crippen molar-refractivity contribution in [2.24, 2.45) is 5.73 Å². The number of rotatable bonds is 9. The van der Waals surface area contributed by atoms with Gasteiger partial charge in [-0.25, -0.2) is 8.42 Å². The SMILES string of the molecule is COCCCS(=O)(=O)N(CCCN)c1ccccc1C. The predicted octanol–water partition coefficient (Wildman–Crippen LogP) is 1.52. The second-order valence-electron chi connectivity index (χ2n) is 4.66. The fourth-order valence-corrected chi connectivity index (χ4v) is 3.60. The Bertz CT molecular complexity index is 503. The summed E-state index contributed by atoms with van der Waals surface area (Å²) >= 11 is 0. The number of ether oxygens (including phenoxy) is 1. The van der Waals surface area contributed by atoms with Gasteiger partial charge in [-0.05, 0) is 37.9 Å². The van der Waals surface area contributed by atoms with Gasteiger partial charge in [0.25, 0.3) is 0 Å². The molecule has 0 aliphatic heterocycles. The molecule has 20 heavy (non-hydrogen) atoms. The molecule has 0 bridgehead atoms. The molecule has 0 fully saturated rings. The highest BCUT2D eigenvalue weighted by Gasteiger charge is 2.22. The summed E-state index contributed by atoms with van der Waals surface area (Å²) in [6, 6.07) is 7.50. The minimum Gasteiger partial charge on any atom is -0.385 e. The summed E-state index contributed by atoms with van der Waals surface area (Å²) in [4.78, 5) is 0. The first-order chi connectivity index (χ1) is 9.53. The Kier molecular flexibility index (Phi) is 6.98. The van der Waals surface area contributed by atoms with Gasteiger partial charge in [-0.2, -0.15) is 0 Å². The largest absolute Gasteiger partial charge is 0.385 e. The molecule has 0 heterocycles. The molecule has 0 amide bonds. The van der Waals surface area contributed by atoms with Crippen LogP contribution in [0, 0.1) is 6.92 Å². The van der Waals surface area contributed by atoms with Crippen molar-refractivity contribution in [2.75, 3.05) is 36.9 Å². The van der Waals surface area contributed by atoms with Crippen molar-refractivity contribution in [3.8, 4) is 0 Å². The average Bonchev–Trinajstić information content (AvgIpc) is 2.41. The van der Waals surface area contributed by atoms with E-state index in [9.17, 15) is 8.42 Å². The first-order valence-electron chi connectivity index (χ1n) is 6.78. The Labute approximate surface area is 121 Å². The zero-order valence-corrected chi connectivity index (χ0v) is 13.0. The van der Waals surface area contributed by atoms with Gasteiger partial charge in [0.15, 0.2) is 0 Å². The zero-order valence-electron chi connectivity index (χ0n) is 12.2. The van der Waals surface area contributed by atoms with Gasteiger partial charge in [-0.15, -0.1) is 0 Å². The van der Waals surface area contributed by atoms with E-state index in [4.69, 9.17) is 10.5 Å². The van der Waals surface area contributed by atoms with E-state index in [0.717, 1.165) is 11.3 Å². The van der Waals surface area contributed by atoms with E-state index in [-0.39, 0.29) is 5.75 Å². The monoisotopic (exact) mass is 300 g/mol. The second-order valence-corrected chi connectivity index (χ2v) is 6.68. The standard InChI is InChI=1S/C14H24N2O3S/c1-13-7-3-4-8-14(13)16(10-5-9-15)20(17,18)12-6-11-19-2/h3-4,7-8H,5-6,9-12,15H2,1-2H3. The van der Waals surface area contributed by atoms with Crippen LogP contribution in [0.2, 0.25) is 0 Å². The van der Waals surface area contributed by atoms with Gasteiger partial charge in [0.1, 0.15) is 0 Å². The Morgan fingerprint density at radius 2 is 1.95 bits per heavy atom. The Balaban J connectivity index is 2.97. The van der Waals surface area contributed by atoms with Crippen LogP contribution in [0.25, 0.3) is 0 Å². The molecule has 2 N–H and O–H groups in total. The van der Waals surface area contributed by atoms with E-state index in [1.807, 2.05) is 31.2 Å². The smallest absolute Gasteiger partial charge is 0.235 e. The number of hydrogen-bond donors (Lipinski definition) is 1. The first kappa shape index (κ1) is 16.9. The minimum absolute atomic E-state index is 0.0831.